The molecule has 1 heterocycles. The smallest absolute Gasteiger partial charge is 0.265 e. The van der Waals surface area contributed by atoms with E-state index in [0.717, 1.165) is 5.56 Å². The van der Waals surface area contributed by atoms with Gasteiger partial charge in [0.1, 0.15) is 10.6 Å². The van der Waals surface area contributed by atoms with E-state index >= 15 is 0 Å². The third-order valence-corrected chi connectivity index (χ3v) is 3.96. The molecule has 0 unspecified atom stereocenters. The molecule has 1 aromatic heterocycles. The Labute approximate surface area is 117 Å². The molecule has 108 valence electrons. The highest BCUT2D eigenvalue weighted by Crippen LogP contribution is 2.24. The number of ether oxygens (including phenoxy) is 1. The molecule has 0 aliphatic heterocycles. The van der Waals surface area contributed by atoms with E-state index in [1.54, 1.807) is 18.2 Å². The van der Waals surface area contributed by atoms with E-state index in [9.17, 15) is 8.42 Å². The van der Waals surface area contributed by atoms with Crippen molar-refractivity contribution in [2.75, 3.05) is 11.3 Å². The maximum atomic E-state index is 12.0. The molecule has 0 aliphatic carbocycles. The van der Waals surface area contributed by atoms with Crippen LogP contribution in [0.5, 0.6) is 5.75 Å². The normalized spacial score (nSPS) is 11.3. The fourth-order valence-electron chi connectivity index (χ4n) is 1.70. The third kappa shape index (κ3) is 3.09. The predicted octanol–water partition coefficient (Wildman–Crippen LogP) is 1.07. The molecule has 0 aliphatic rings. The summed E-state index contributed by atoms with van der Waals surface area (Å²) in [6.07, 6.45) is 2.54. The number of H-pyrrole nitrogens is 1. The van der Waals surface area contributed by atoms with Crippen LogP contribution in [0.1, 0.15) is 12.5 Å². The summed E-state index contributed by atoms with van der Waals surface area (Å²) in [6, 6.07) is 4.98. The molecule has 2 aromatic rings. The molecule has 0 radical (unpaired) electrons. The minimum absolute atomic E-state index is 0.0701. The third-order valence-electron chi connectivity index (χ3n) is 2.62. The van der Waals surface area contributed by atoms with E-state index in [2.05, 4.69) is 14.9 Å². The number of aromatic nitrogens is 2. The van der Waals surface area contributed by atoms with Crippen LogP contribution in [0.4, 0.5) is 5.69 Å². The van der Waals surface area contributed by atoms with Crippen molar-refractivity contribution in [2.45, 2.75) is 18.4 Å². The second kappa shape index (κ2) is 5.93. The number of sulfonamides is 1. The summed E-state index contributed by atoms with van der Waals surface area (Å²) in [6.45, 7) is 2.65. The number of hydrogen-bond acceptors (Lipinski definition) is 5. The Kier molecular flexibility index (Phi) is 4.26. The van der Waals surface area contributed by atoms with Gasteiger partial charge in [0.15, 0.2) is 0 Å². The number of hydrogen-bond donors (Lipinski definition) is 3. The van der Waals surface area contributed by atoms with E-state index < -0.39 is 10.0 Å². The summed E-state index contributed by atoms with van der Waals surface area (Å²) < 4.78 is 32.0. The zero-order valence-corrected chi connectivity index (χ0v) is 11.8. The van der Waals surface area contributed by atoms with Crippen LogP contribution in [-0.4, -0.2) is 25.2 Å². The molecule has 2 rings (SSSR count). The topological polar surface area (TPSA) is 110 Å². The Morgan fingerprint density at radius 2 is 2.25 bits per heavy atom. The lowest BCUT2D eigenvalue weighted by atomic mass is 10.2. The lowest BCUT2D eigenvalue weighted by Crippen LogP contribution is -2.13. The molecule has 0 fully saturated rings. The van der Waals surface area contributed by atoms with Crippen molar-refractivity contribution in [3.63, 3.8) is 0 Å². The molecule has 1 aromatic carbocycles. The maximum Gasteiger partial charge on any atom is 0.265 e. The van der Waals surface area contributed by atoms with Gasteiger partial charge in [-0.2, -0.15) is 5.10 Å². The minimum Gasteiger partial charge on any atom is -0.494 e. The van der Waals surface area contributed by atoms with Crippen LogP contribution in [-0.2, 0) is 16.6 Å². The Bertz CT molecular complexity index is 668. The van der Waals surface area contributed by atoms with Crippen LogP contribution in [0, 0.1) is 0 Å². The molecule has 0 saturated carbocycles. The van der Waals surface area contributed by atoms with Gasteiger partial charge in [0.2, 0.25) is 0 Å². The number of rotatable bonds is 6. The molecule has 0 amide bonds. The van der Waals surface area contributed by atoms with Crippen LogP contribution in [0.15, 0.2) is 35.5 Å². The van der Waals surface area contributed by atoms with Gasteiger partial charge in [0.25, 0.3) is 10.0 Å². The molecule has 0 bridgehead atoms. The van der Waals surface area contributed by atoms with Crippen molar-refractivity contribution in [1.29, 1.82) is 0 Å². The van der Waals surface area contributed by atoms with Crippen molar-refractivity contribution >= 4 is 15.7 Å². The van der Waals surface area contributed by atoms with E-state index in [-0.39, 0.29) is 11.4 Å². The molecule has 0 atom stereocenters. The van der Waals surface area contributed by atoms with Gasteiger partial charge in [-0.15, -0.1) is 0 Å². The van der Waals surface area contributed by atoms with Gasteiger partial charge in [0, 0.05) is 24.0 Å². The molecule has 0 saturated heterocycles. The zero-order chi connectivity index (χ0) is 14.6. The lowest BCUT2D eigenvalue weighted by Gasteiger charge is -2.12. The lowest BCUT2D eigenvalue weighted by molar-refractivity contribution is 0.336. The SMILES string of the molecule is CCOc1ccc(NS(=O)(=O)c2cn[nH]c2)cc1CN. The molecule has 4 N–H and O–H groups in total. The number of benzene rings is 1. The Hall–Kier alpha value is -2.06. The molecule has 8 heteroatoms. The first kappa shape index (κ1) is 14.4. The maximum absolute atomic E-state index is 12.0. The summed E-state index contributed by atoms with van der Waals surface area (Å²) in [5.41, 5.74) is 6.80. The quantitative estimate of drug-likeness (QED) is 0.738. The Morgan fingerprint density at radius 1 is 1.45 bits per heavy atom. The van der Waals surface area contributed by atoms with E-state index in [1.807, 2.05) is 6.92 Å². The highest BCUT2D eigenvalue weighted by Gasteiger charge is 2.16. The van der Waals surface area contributed by atoms with Crippen molar-refractivity contribution in [3.05, 3.63) is 36.2 Å². The summed E-state index contributed by atoms with van der Waals surface area (Å²) in [7, 11) is -3.65. The van der Waals surface area contributed by atoms with Crippen LogP contribution < -0.4 is 15.2 Å². The number of nitrogens with two attached hydrogens (primary N) is 1. The summed E-state index contributed by atoms with van der Waals surface area (Å²) in [5, 5.41) is 6.08. The average Bonchev–Trinajstić information content (AvgIpc) is 2.95. The zero-order valence-electron chi connectivity index (χ0n) is 11.0. The number of anilines is 1. The molecular formula is C12H16N4O3S. The van der Waals surface area contributed by atoms with E-state index in [1.165, 1.54) is 12.4 Å². The van der Waals surface area contributed by atoms with E-state index in [0.29, 0.717) is 18.0 Å². The number of aromatic amines is 1. The van der Waals surface area contributed by atoms with Crippen molar-refractivity contribution in [2.24, 2.45) is 5.73 Å². The van der Waals surface area contributed by atoms with Crippen LogP contribution in [0.25, 0.3) is 0 Å². The second-order valence-electron chi connectivity index (χ2n) is 4.00. The Balaban J connectivity index is 2.26. The van der Waals surface area contributed by atoms with Gasteiger partial charge in [-0.25, -0.2) is 8.42 Å². The first-order chi connectivity index (χ1) is 9.56. The Morgan fingerprint density at radius 3 is 2.85 bits per heavy atom. The monoisotopic (exact) mass is 296 g/mol. The van der Waals surface area contributed by atoms with Crippen LogP contribution in [0.2, 0.25) is 0 Å². The standard InChI is InChI=1S/C12H16N4O3S/c1-2-19-12-4-3-10(5-9(12)6-13)16-20(17,18)11-7-14-15-8-11/h3-5,7-8,16H,2,6,13H2,1H3,(H,14,15). The number of nitrogens with zero attached hydrogens (tertiary/aromatic N) is 1. The molecule has 20 heavy (non-hydrogen) atoms. The average molecular weight is 296 g/mol. The highest BCUT2D eigenvalue weighted by molar-refractivity contribution is 7.92. The summed E-state index contributed by atoms with van der Waals surface area (Å²) in [5.74, 6) is 0.654. The van der Waals surface area contributed by atoms with Gasteiger partial charge in [-0.1, -0.05) is 0 Å². The highest BCUT2D eigenvalue weighted by atomic mass is 32.2. The minimum atomic E-state index is -3.65. The van der Waals surface area contributed by atoms with Gasteiger partial charge in [0.05, 0.1) is 12.8 Å². The molecular weight excluding hydrogens is 280 g/mol. The van der Waals surface area contributed by atoms with Crippen molar-refractivity contribution in [3.8, 4) is 5.75 Å². The van der Waals surface area contributed by atoms with E-state index in [4.69, 9.17) is 10.5 Å². The van der Waals surface area contributed by atoms with Crippen LogP contribution in [0.3, 0.4) is 0 Å². The van der Waals surface area contributed by atoms with Gasteiger partial charge in [-0.05, 0) is 25.1 Å². The fraction of sp³-hybridized carbons (Fsp3) is 0.250. The molecule has 0 spiro atoms. The van der Waals surface area contributed by atoms with Gasteiger partial charge in [-0.3, -0.25) is 9.82 Å². The first-order valence-electron chi connectivity index (χ1n) is 6.04. The summed E-state index contributed by atoms with van der Waals surface area (Å²) in [4.78, 5) is 0.0701. The predicted molar refractivity (Wildman–Crippen MR) is 74.9 cm³/mol. The fourth-order valence-corrected chi connectivity index (χ4v) is 2.65. The first-order valence-corrected chi connectivity index (χ1v) is 7.52. The van der Waals surface area contributed by atoms with Crippen molar-refractivity contribution < 1.29 is 13.2 Å². The molecule has 7 nitrogen and oxygen atoms in total. The largest absolute Gasteiger partial charge is 0.494 e. The van der Waals surface area contributed by atoms with Gasteiger partial charge >= 0.3 is 0 Å². The number of nitrogens with one attached hydrogen (secondary N) is 2. The van der Waals surface area contributed by atoms with Crippen molar-refractivity contribution in [1.82, 2.24) is 10.2 Å². The second-order valence-corrected chi connectivity index (χ2v) is 5.68. The van der Waals surface area contributed by atoms with Gasteiger partial charge < -0.3 is 10.5 Å². The van der Waals surface area contributed by atoms with Crippen LogP contribution >= 0.6 is 0 Å². The summed E-state index contributed by atoms with van der Waals surface area (Å²) >= 11 is 0.